The quantitative estimate of drug-likeness (QED) is 0.186. The van der Waals surface area contributed by atoms with Crippen LogP contribution in [0, 0.1) is 0 Å². The fourth-order valence-corrected chi connectivity index (χ4v) is 7.46. The van der Waals surface area contributed by atoms with Crippen LogP contribution in [0.2, 0.25) is 0 Å². The molecule has 0 saturated heterocycles. The number of furan rings is 1. The summed E-state index contributed by atoms with van der Waals surface area (Å²) in [5.74, 6) is 0.680. The molecule has 0 unspecified atom stereocenters. The summed E-state index contributed by atoms with van der Waals surface area (Å²) < 4.78 is 6.71. The van der Waals surface area contributed by atoms with Crippen LogP contribution < -0.4 is 0 Å². The van der Waals surface area contributed by atoms with Crippen LogP contribution in [-0.4, -0.2) is 9.97 Å². The molecule has 0 spiro atoms. The van der Waals surface area contributed by atoms with Crippen LogP contribution >= 0.6 is 0 Å². The summed E-state index contributed by atoms with van der Waals surface area (Å²) in [5, 5.41) is 6.71. The summed E-state index contributed by atoms with van der Waals surface area (Å²) in [6, 6.07) is 63.7. The fourth-order valence-electron chi connectivity index (χ4n) is 7.46. The van der Waals surface area contributed by atoms with Gasteiger partial charge in [-0.15, -0.1) is 0 Å². The number of aromatic nitrogens is 2. The van der Waals surface area contributed by atoms with E-state index in [1.54, 1.807) is 0 Å². The first-order valence-corrected chi connectivity index (χ1v) is 17.2. The highest BCUT2D eigenvalue weighted by Crippen LogP contribution is 2.43. The van der Waals surface area contributed by atoms with Crippen molar-refractivity contribution in [2.75, 3.05) is 0 Å². The van der Waals surface area contributed by atoms with E-state index in [9.17, 15) is 0 Å². The van der Waals surface area contributed by atoms with Gasteiger partial charge in [-0.1, -0.05) is 164 Å². The second-order valence-electron chi connectivity index (χ2n) is 12.9. The molecule has 0 aliphatic carbocycles. The minimum absolute atomic E-state index is 0.680. The first kappa shape index (κ1) is 29.1. The van der Waals surface area contributed by atoms with Crippen LogP contribution in [0.25, 0.3) is 99.6 Å². The highest BCUT2D eigenvalue weighted by molar-refractivity contribution is 6.22. The predicted octanol–water partition coefficient (Wildman–Crippen LogP) is 13.0. The summed E-state index contributed by atoms with van der Waals surface area (Å²) in [6.07, 6.45) is 0. The molecule has 8 aromatic carbocycles. The zero-order valence-electron chi connectivity index (χ0n) is 27.6. The van der Waals surface area contributed by atoms with Crippen molar-refractivity contribution in [3.8, 4) is 56.2 Å². The Hall–Kier alpha value is -6.84. The minimum atomic E-state index is 0.680. The zero-order valence-corrected chi connectivity index (χ0v) is 27.6. The third kappa shape index (κ3) is 4.98. The second kappa shape index (κ2) is 11.9. The summed E-state index contributed by atoms with van der Waals surface area (Å²) in [4.78, 5) is 10.4. The third-order valence-corrected chi connectivity index (χ3v) is 9.91. The van der Waals surface area contributed by atoms with Crippen molar-refractivity contribution < 1.29 is 4.42 Å². The van der Waals surface area contributed by atoms with Crippen LogP contribution in [0.5, 0.6) is 0 Å². The first-order valence-electron chi connectivity index (χ1n) is 17.2. The molecule has 0 saturated carbocycles. The van der Waals surface area contributed by atoms with Gasteiger partial charge in [0.15, 0.2) is 5.82 Å². The van der Waals surface area contributed by atoms with Crippen LogP contribution in [-0.2, 0) is 0 Å². The van der Waals surface area contributed by atoms with Crippen molar-refractivity contribution in [2.24, 2.45) is 0 Å². The molecule has 0 N–H and O–H groups in total. The molecule has 0 fully saturated rings. The molecule has 0 aliphatic rings. The lowest BCUT2D eigenvalue weighted by atomic mass is 9.93. The monoisotopic (exact) mass is 650 g/mol. The highest BCUT2D eigenvalue weighted by Gasteiger charge is 2.20. The number of rotatable bonds is 5. The first-order chi connectivity index (χ1) is 25.3. The normalized spacial score (nSPS) is 11.5. The Balaban J connectivity index is 1.19. The Kier molecular flexibility index (Phi) is 6.81. The van der Waals surface area contributed by atoms with Crippen LogP contribution in [0.4, 0.5) is 0 Å². The molecule has 0 bridgehead atoms. The standard InChI is InChI=1S/C48H30N2O/c1-3-14-34(15-4-1)43-30-44(35-16-5-2-6-17-35)50-48(49-43)41-29-42-46-38(23-12-24-45(46)51-47(42)40-21-10-9-20-39(40)41)33-27-25-32(26-28-33)37-22-11-18-31-13-7-8-19-36(31)37/h1-30H. The van der Waals surface area contributed by atoms with Gasteiger partial charge in [-0.3, -0.25) is 0 Å². The molecule has 51 heavy (non-hydrogen) atoms. The van der Waals surface area contributed by atoms with Gasteiger partial charge in [-0.2, -0.15) is 0 Å². The van der Waals surface area contributed by atoms with Crippen LogP contribution in [0.3, 0.4) is 0 Å². The molecule has 3 heteroatoms. The Labute approximate surface area is 295 Å². The Morgan fingerprint density at radius 3 is 1.61 bits per heavy atom. The number of hydrogen-bond donors (Lipinski definition) is 0. The topological polar surface area (TPSA) is 38.9 Å². The largest absolute Gasteiger partial charge is 0.455 e. The Morgan fingerprint density at radius 2 is 0.902 bits per heavy atom. The molecule has 10 rings (SSSR count). The Bertz CT molecular complexity index is 2830. The van der Waals surface area contributed by atoms with Gasteiger partial charge in [0.1, 0.15) is 11.2 Å². The van der Waals surface area contributed by atoms with Gasteiger partial charge in [0, 0.05) is 32.8 Å². The molecular weight excluding hydrogens is 621 g/mol. The summed E-state index contributed by atoms with van der Waals surface area (Å²) in [6.45, 7) is 0. The maximum atomic E-state index is 6.71. The lowest BCUT2D eigenvalue weighted by Crippen LogP contribution is -1.96. The number of benzene rings is 8. The molecule has 3 nitrogen and oxygen atoms in total. The van der Waals surface area contributed by atoms with Gasteiger partial charge in [0.05, 0.1) is 11.4 Å². The van der Waals surface area contributed by atoms with Crippen molar-refractivity contribution in [3.63, 3.8) is 0 Å². The highest BCUT2D eigenvalue weighted by atomic mass is 16.3. The molecule has 2 heterocycles. The van der Waals surface area contributed by atoms with Crippen molar-refractivity contribution >= 4 is 43.5 Å². The molecule has 10 aromatic rings. The van der Waals surface area contributed by atoms with E-state index in [2.05, 4.69) is 170 Å². The Morgan fingerprint density at radius 1 is 0.353 bits per heavy atom. The molecule has 0 amide bonds. The van der Waals surface area contributed by atoms with Gasteiger partial charge in [0.2, 0.25) is 0 Å². The summed E-state index contributed by atoms with van der Waals surface area (Å²) in [7, 11) is 0. The van der Waals surface area contributed by atoms with Crippen molar-refractivity contribution in [1.29, 1.82) is 0 Å². The summed E-state index contributed by atoms with van der Waals surface area (Å²) in [5.41, 5.74) is 11.2. The summed E-state index contributed by atoms with van der Waals surface area (Å²) >= 11 is 0. The average Bonchev–Trinajstić information content (AvgIpc) is 3.60. The van der Waals surface area contributed by atoms with E-state index in [0.717, 1.165) is 71.9 Å². The van der Waals surface area contributed by atoms with E-state index in [0.29, 0.717) is 5.82 Å². The average molecular weight is 651 g/mol. The van der Waals surface area contributed by atoms with Gasteiger partial charge in [0.25, 0.3) is 0 Å². The SMILES string of the molecule is c1ccc(-c2cc(-c3ccccc3)nc(-c3cc4c(oc5cccc(-c6ccc(-c7cccc8ccccc78)cc6)c54)c4ccccc34)n2)cc1. The van der Waals surface area contributed by atoms with E-state index in [1.165, 1.54) is 21.9 Å². The van der Waals surface area contributed by atoms with Crippen molar-refractivity contribution in [1.82, 2.24) is 9.97 Å². The molecule has 2 aromatic heterocycles. The predicted molar refractivity (Wildman–Crippen MR) is 212 cm³/mol. The van der Waals surface area contributed by atoms with E-state index in [-0.39, 0.29) is 0 Å². The third-order valence-electron chi connectivity index (χ3n) is 9.91. The van der Waals surface area contributed by atoms with Crippen molar-refractivity contribution in [2.45, 2.75) is 0 Å². The molecule has 0 atom stereocenters. The molecule has 0 aliphatic heterocycles. The van der Waals surface area contributed by atoms with E-state index in [1.807, 2.05) is 12.1 Å². The van der Waals surface area contributed by atoms with Gasteiger partial charge in [-0.25, -0.2) is 9.97 Å². The number of hydrogen-bond acceptors (Lipinski definition) is 3. The van der Waals surface area contributed by atoms with E-state index < -0.39 is 0 Å². The van der Waals surface area contributed by atoms with E-state index in [4.69, 9.17) is 14.4 Å². The zero-order chi connectivity index (χ0) is 33.7. The minimum Gasteiger partial charge on any atom is -0.455 e. The van der Waals surface area contributed by atoms with Crippen molar-refractivity contribution in [3.05, 3.63) is 182 Å². The molecule has 0 radical (unpaired) electrons. The van der Waals surface area contributed by atoms with Crippen LogP contribution in [0.1, 0.15) is 0 Å². The number of fused-ring (bicyclic) bond motifs is 6. The maximum absolute atomic E-state index is 6.71. The van der Waals surface area contributed by atoms with Gasteiger partial charge >= 0.3 is 0 Å². The molecular formula is C48H30N2O. The lowest BCUT2D eigenvalue weighted by Gasteiger charge is -2.12. The molecule has 238 valence electrons. The second-order valence-corrected chi connectivity index (χ2v) is 12.9. The lowest BCUT2D eigenvalue weighted by molar-refractivity contribution is 0.673. The van der Waals surface area contributed by atoms with Crippen LogP contribution in [0.15, 0.2) is 186 Å². The number of nitrogens with zero attached hydrogens (tertiary/aromatic N) is 2. The smallest absolute Gasteiger partial charge is 0.161 e. The van der Waals surface area contributed by atoms with Gasteiger partial charge in [-0.05, 0) is 56.6 Å². The van der Waals surface area contributed by atoms with E-state index >= 15 is 0 Å². The van der Waals surface area contributed by atoms with Gasteiger partial charge < -0.3 is 4.42 Å². The maximum Gasteiger partial charge on any atom is 0.161 e. The fraction of sp³-hybridized carbons (Fsp3) is 0.